The SMILES string of the molecule is Cn1c(=O)oc2cc(NC3CCCC3N)ccc21. The van der Waals surface area contributed by atoms with E-state index in [9.17, 15) is 4.79 Å². The number of nitrogens with one attached hydrogen (secondary N) is 1. The fourth-order valence-corrected chi connectivity index (χ4v) is 2.61. The molecule has 5 heteroatoms. The number of aryl methyl sites for hydroxylation is 1. The molecule has 0 bridgehead atoms. The number of aromatic nitrogens is 1. The Hall–Kier alpha value is -1.75. The monoisotopic (exact) mass is 247 g/mol. The highest BCUT2D eigenvalue weighted by molar-refractivity contribution is 5.77. The molecule has 1 aliphatic rings. The largest absolute Gasteiger partial charge is 0.419 e. The van der Waals surface area contributed by atoms with Crippen LogP contribution in [0.25, 0.3) is 11.1 Å². The summed E-state index contributed by atoms with van der Waals surface area (Å²) in [4.78, 5) is 11.4. The summed E-state index contributed by atoms with van der Waals surface area (Å²) in [6.07, 6.45) is 3.33. The minimum absolute atomic E-state index is 0.212. The molecule has 0 saturated heterocycles. The van der Waals surface area contributed by atoms with Crippen molar-refractivity contribution in [3.05, 3.63) is 28.7 Å². The highest BCUT2D eigenvalue weighted by Crippen LogP contribution is 2.24. The Labute approximate surface area is 105 Å². The minimum atomic E-state index is -0.334. The van der Waals surface area contributed by atoms with Crippen LogP contribution in [-0.4, -0.2) is 16.7 Å². The topological polar surface area (TPSA) is 73.2 Å². The zero-order chi connectivity index (χ0) is 12.7. The van der Waals surface area contributed by atoms with Gasteiger partial charge in [0.05, 0.1) is 5.52 Å². The van der Waals surface area contributed by atoms with Crippen LogP contribution in [0.4, 0.5) is 5.69 Å². The number of rotatable bonds is 2. The molecule has 96 valence electrons. The molecule has 1 saturated carbocycles. The summed E-state index contributed by atoms with van der Waals surface area (Å²) in [6.45, 7) is 0. The highest BCUT2D eigenvalue weighted by atomic mass is 16.4. The quantitative estimate of drug-likeness (QED) is 0.841. The van der Waals surface area contributed by atoms with Crippen molar-refractivity contribution in [1.29, 1.82) is 0 Å². The van der Waals surface area contributed by atoms with Crippen molar-refractivity contribution in [3.8, 4) is 0 Å². The fourth-order valence-electron chi connectivity index (χ4n) is 2.61. The Balaban J connectivity index is 1.91. The molecule has 1 aromatic carbocycles. The van der Waals surface area contributed by atoms with E-state index in [1.54, 1.807) is 7.05 Å². The van der Waals surface area contributed by atoms with Gasteiger partial charge in [0.15, 0.2) is 5.58 Å². The van der Waals surface area contributed by atoms with Gasteiger partial charge in [0, 0.05) is 30.9 Å². The number of fused-ring (bicyclic) bond motifs is 1. The molecule has 1 fully saturated rings. The lowest BCUT2D eigenvalue weighted by Crippen LogP contribution is -2.35. The van der Waals surface area contributed by atoms with Gasteiger partial charge in [0.2, 0.25) is 0 Å². The first kappa shape index (κ1) is 11.3. The number of anilines is 1. The van der Waals surface area contributed by atoms with Gasteiger partial charge in [-0.25, -0.2) is 4.79 Å². The maximum atomic E-state index is 11.4. The fraction of sp³-hybridized carbons (Fsp3) is 0.462. The summed E-state index contributed by atoms with van der Waals surface area (Å²) in [7, 11) is 1.70. The molecular weight excluding hydrogens is 230 g/mol. The molecule has 3 N–H and O–H groups in total. The maximum Gasteiger partial charge on any atom is 0.419 e. The van der Waals surface area contributed by atoms with Crippen molar-refractivity contribution >= 4 is 16.8 Å². The minimum Gasteiger partial charge on any atom is -0.408 e. The predicted molar refractivity (Wildman–Crippen MR) is 70.7 cm³/mol. The summed E-state index contributed by atoms with van der Waals surface area (Å²) >= 11 is 0. The van der Waals surface area contributed by atoms with Gasteiger partial charge in [-0.1, -0.05) is 0 Å². The number of hydrogen-bond acceptors (Lipinski definition) is 4. The van der Waals surface area contributed by atoms with Gasteiger partial charge in [-0.15, -0.1) is 0 Å². The first-order valence-electron chi connectivity index (χ1n) is 6.27. The molecule has 0 radical (unpaired) electrons. The number of nitrogens with two attached hydrogens (primary N) is 1. The van der Waals surface area contributed by atoms with Crippen molar-refractivity contribution in [2.24, 2.45) is 12.8 Å². The molecule has 0 amide bonds. The average molecular weight is 247 g/mol. The number of benzene rings is 1. The molecule has 1 aliphatic carbocycles. The van der Waals surface area contributed by atoms with E-state index in [-0.39, 0.29) is 11.8 Å². The van der Waals surface area contributed by atoms with Crippen molar-refractivity contribution < 1.29 is 4.42 Å². The Morgan fingerprint density at radius 2 is 2.28 bits per heavy atom. The summed E-state index contributed by atoms with van der Waals surface area (Å²) < 4.78 is 6.67. The Bertz CT molecular complexity index is 629. The first-order valence-corrected chi connectivity index (χ1v) is 6.27. The van der Waals surface area contributed by atoms with Gasteiger partial charge in [-0.3, -0.25) is 4.57 Å². The molecular formula is C13H17N3O2. The van der Waals surface area contributed by atoms with Crippen LogP contribution < -0.4 is 16.8 Å². The maximum absolute atomic E-state index is 11.4. The molecule has 3 rings (SSSR count). The normalized spacial score (nSPS) is 23.7. The Kier molecular flexibility index (Phi) is 2.63. The van der Waals surface area contributed by atoms with Crippen LogP contribution in [0.2, 0.25) is 0 Å². The smallest absolute Gasteiger partial charge is 0.408 e. The van der Waals surface area contributed by atoms with Crippen LogP contribution in [-0.2, 0) is 7.05 Å². The van der Waals surface area contributed by atoms with Crippen LogP contribution in [0.5, 0.6) is 0 Å². The first-order chi connectivity index (χ1) is 8.65. The molecule has 1 aromatic heterocycles. The summed E-state index contributed by atoms with van der Waals surface area (Å²) in [5.74, 6) is -0.334. The van der Waals surface area contributed by atoms with Gasteiger partial charge < -0.3 is 15.5 Å². The van der Waals surface area contributed by atoms with Crippen molar-refractivity contribution in [2.45, 2.75) is 31.3 Å². The van der Waals surface area contributed by atoms with E-state index in [1.165, 1.54) is 11.0 Å². The zero-order valence-corrected chi connectivity index (χ0v) is 10.3. The van der Waals surface area contributed by atoms with E-state index in [0.717, 1.165) is 24.0 Å². The van der Waals surface area contributed by atoms with E-state index in [1.807, 2.05) is 18.2 Å². The Morgan fingerprint density at radius 3 is 3.00 bits per heavy atom. The standard InChI is InChI=1S/C13H17N3O2/c1-16-11-6-5-8(7-12(11)18-13(16)17)15-10-4-2-3-9(10)14/h5-7,9-10,15H,2-4,14H2,1H3. The third-order valence-electron chi connectivity index (χ3n) is 3.71. The van der Waals surface area contributed by atoms with E-state index in [0.29, 0.717) is 11.6 Å². The van der Waals surface area contributed by atoms with E-state index in [4.69, 9.17) is 10.2 Å². The van der Waals surface area contributed by atoms with Crippen LogP contribution in [0.3, 0.4) is 0 Å². The van der Waals surface area contributed by atoms with Crippen molar-refractivity contribution in [3.63, 3.8) is 0 Å². The molecule has 0 aliphatic heterocycles. The molecule has 2 aromatic rings. The van der Waals surface area contributed by atoms with E-state index in [2.05, 4.69) is 5.32 Å². The highest BCUT2D eigenvalue weighted by Gasteiger charge is 2.23. The predicted octanol–water partition coefficient (Wildman–Crippen LogP) is 1.42. The number of hydrogen-bond donors (Lipinski definition) is 2. The van der Waals surface area contributed by atoms with Crippen LogP contribution in [0.1, 0.15) is 19.3 Å². The van der Waals surface area contributed by atoms with Crippen molar-refractivity contribution in [1.82, 2.24) is 4.57 Å². The lowest BCUT2D eigenvalue weighted by Gasteiger charge is -2.18. The van der Waals surface area contributed by atoms with Crippen LogP contribution in [0.15, 0.2) is 27.4 Å². The second-order valence-corrected chi connectivity index (χ2v) is 4.96. The molecule has 0 spiro atoms. The van der Waals surface area contributed by atoms with Crippen LogP contribution in [0, 0.1) is 0 Å². The lowest BCUT2D eigenvalue weighted by molar-refractivity contribution is 0.528. The second-order valence-electron chi connectivity index (χ2n) is 4.96. The zero-order valence-electron chi connectivity index (χ0n) is 10.3. The molecule has 5 nitrogen and oxygen atoms in total. The van der Waals surface area contributed by atoms with E-state index >= 15 is 0 Å². The van der Waals surface area contributed by atoms with Gasteiger partial charge in [-0.2, -0.15) is 0 Å². The third kappa shape index (κ3) is 1.80. The van der Waals surface area contributed by atoms with Gasteiger partial charge in [0.1, 0.15) is 0 Å². The molecule has 2 unspecified atom stereocenters. The third-order valence-corrected chi connectivity index (χ3v) is 3.71. The van der Waals surface area contributed by atoms with Gasteiger partial charge in [0.25, 0.3) is 0 Å². The average Bonchev–Trinajstić information content (AvgIpc) is 2.86. The summed E-state index contributed by atoms with van der Waals surface area (Å²) in [5.41, 5.74) is 8.40. The number of nitrogens with zero attached hydrogens (tertiary/aromatic N) is 1. The summed E-state index contributed by atoms with van der Waals surface area (Å²) in [6, 6.07) is 6.24. The number of oxazole rings is 1. The molecule has 2 atom stereocenters. The van der Waals surface area contributed by atoms with Crippen molar-refractivity contribution in [2.75, 3.05) is 5.32 Å². The summed E-state index contributed by atoms with van der Waals surface area (Å²) in [5, 5.41) is 3.42. The Morgan fingerprint density at radius 1 is 1.44 bits per heavy atom. The second kappa shape index (κ2) is 4.17. The van der Waals surface area contributed by atoms with Gasteiger partial charge in [-0.05, 0) is 31.4 Å². The van der Waals surface area contributed by atoms with Gasteiger partial charge >= 0.3 is 5.76 Å². The molecule has 18 heavy (non-hydrogen) atoms. The van der Waals surface area contributed by atoms with Crippen LogP contribution >= 0.6 is 0 Å². The molecule has 1 heterocycles. The van der Waals surface area contributed by atoms with E-state index < -0.39 is 0 Å². The lowest BCUT2D eigenvalue weighted by atomic mass is 10.1.